The Hall–Kier alpha value is -0.830. The highest BCUT2D eigenvalue weighted by Gasteiger charge is 2.29. The van der Waals surface area contributed by atoms with Crippen LogP contribution in [-0.2, 0) is 6.54 Å². The molecule has 84 valence electrons. The molecule has 2 heterocycles. The highest BCUT2D eigenvalue weighted by atomic mass is 15.3. The summed E-state index contributed by atoms with van der Waals surface area (Å²) in [6.07, 6.45) is 4.69. The molecule has 2 atom stereocenters. The molecule has 0 unspecified atom stereocenters. The van der Waals surface area contributed by atoms with Gasteiger partial charge in [-0.2, -0.15) is 5.10 Å². The Bertz CT molecular complexity index is 306. The lowest BCUT2D eigenvalue weighted by Crippen LogP contribution is -2.11. The highest BCUT2D eigenvalue weighted by Crippen LogP contribution is 2.29. The standard InChI is InChI=1S/C12H21N3/c1-3-5-10-8-13-9-11(10)12-6-7-15(4-2)14-12/h6-7,10-11,13H,3-5,8-9H2,1-2H3/t10-,11-/m0/s1. The van der Waals surface area contributed by atoms with E-state index in [1.54, 1.807) is 0 Å². The topological polar surface area (TPSA) is 29.9 Å². The molecule has 0 bridgehead atoms. The van der Waals surface area contributed by atoms with E-state index in [9.17, 15) is 0 Å². The zero-order valence-corrected chi connectivity index (χ0v) is 9.74. The smallest absolute Gasteiger partial charge is 0.0671 e. The van der Waals surface area contributed by atoms with E-state index in [1.165, 1.54) is 18.5 Å². The van der Waals surface area contributed by atoms with Crippen molar-refractivity contribution in [2.45, 2.75) is 39.2 Å². The first-order valence-electron chi connectivity index (χ1n) is 6.09. The van der Waals surface area contributed by atoms with Gasteiger partial charge in [-0.05, 0) is 31.9 Å². The number of hydrogen-bond donors (Lipinski definition) is 1. The molecular formula is C12H21N3. The van der Waals surface area contributed by atoms with Gasteiger partial charge in [0.25, 0.3) is 0 Å². The lowest BCUT2D eigenvalue weighted by atomic mass is 9.89. The van der Waals surface area contributed by atoms with Gasteiger partial charge in [0.1, 0.15) is 0 Å². The third-order valence-corrected chi connectivity index (χ3v) is 3.36. The summed E-state index contributed by atoms with van der Waals surface area (Å²) in [6, 6.07) is 2.18. The quantitative estimate of drug-likeness (QED) is 0.818. The first-order valence-corrected chi connectivity index (χ1v) is 6.09. The van der Waals surface area contributed by atoms with Crippen LogP contribution < -0.4 is 5.32 Å². The average molecular weight is 207 g/mol. The minimum Gasteiger partial charge on any atom is -0.316 e. The van der Waals surface area contributed by atoms with Gasteiger partial charge in [-0.1, -0.05) is 13.3 Å². The molecule has 1 N–H and O–H groups in total. The van der Waals surface area contributed by atoms with Gasteiger partial charge in [0.05, 0.1) is 5.69 Å². The molecule has 1 aliphatic heterocycles. The number of rotatable bonds is 4. The first kappa shape index (κ1) is 10.7. The van der Waals surface area contributed by atoms with Crippen LogP contribution in [0.3, 0.4) is 0 Å². The molecule has 0 aliphatic carbocycles. The molecule has 0 spiro atoms. The highest BCUT2D eigenvalue weighted by molar-refractivity contribution is 5.11. The predicted molar refractivity (Wildman–Crippen MR) is 61.9 cm³/mol. The van der Waals surface area contributed by atoms with Crippen molar-refractivity contribution in [2.75, 3.05) is 13.1 Å². The Kier molecular flexibility index (Phi) is 3.41. The summed E-state index contributed by atoms with van der Waals surface area (Å²) >= 11 is 0. The van der Waals surface area contributed by atoms with Crippen LogP contribution in [0, 0.1) is 5.92 Å². The largest absolute Gasteiger partial charge is 0.316 e. The van der Waals surface area contributed by atoms with Crippen molar-refractivity contribution in [3.8, 4) is 0 Å². The Morgan fingerprint density at radius 1 is 1.47 bits per heavy atom. The van der Waals surface area contributed by atoms with Crippen LogP contribution in [0.1, 0.15) is 38.3 Å². The van der Waals surface area contributed by atoms with Gasteiger partial charge in [0.15, 0.2) is 0 Å². The molecule has 0 aromatic carbocycles. The number of hydrogen-bond acceptors (Lipinski definition) is 2. The van der Waals surface area contributed by atoms with Gasteiger partial charge in [-0.3, -0.25) is 4.68 Å². The SMILES string of the molecule is CCC[C@H]1CNC[C@@H]1c1ccn(CC)n1. The molecule has 0 radical (unpaired) electrons. The molecular weight excluding hydrogens is 186 g/mol. The number of aryl methyl sites for hydroxylation is 1. The lowest BCUT2D eigenvalue weighted by molar-refractivity contribution is 0.461. The van der Waals surface area contributed by atoms with Crippen molar-refractivity contribution >= 4 is 0 Å². The van der Waals surface area contributed by atoms with Crippen LogP contribution in [0.15, 0.2) is 12.3 Å². The summed E-state index contributed by atoms with van der Waals surface area (Å²) in [7, 11) is 0. The summed E-state index contributed by atoms with van der Waals surface area (Å²) < 4.78 is 2.02. The van der Waals surface area contributed by atoms with Crippen molar-refractivity contribution in [3.63, 3.8) is 0 Å². The monoisotopic (exact) mass is 207 g/mol. The van der Waals surface area contributed by atoms with Gasteiger partial charge >= 0.3 is 0 Å². The second-order valence-corrected chi connectivity index (χ2v) is 4.41. The van der Waals surface area contributed by atoms with Crippen LogP contribution in [-0.4, -0.2) is 22.9 Å². The maximum Gasteiger partial charge on any atom is 0.0671 e. The van der Waals surface area contributed by atoms with E-state index < -0.39 is 0 Å². The molecule has 0 amide bonds. The molecule has 2 rings (SSSR count). The maximum atomic E-state index is 4.62. The molecule has 0 saturated carbocycles. The fourth-order valence-corrected chi connectivity index (χ4v) is 2.50. The minimum absolute atomic E-state index is 0.637. The Morgan fingerprint density at radius 3 is 3.00 bits per heavy atom. The molecule has 1 aromatic heterocycles. The van der Waals surface area contributed by atoms with Gasteiger partial charge in [-0.25, -0.2) is 0 Å². The number of nitrogens with zero attached hydrogens (tertiary/aromatic N) is 2. The summed E-state index contributed by atoms with van der Waals surface area (Å²) in [4.78, 5) is 0. The molecule has 15 heavy (non-hydrogen) atoms. The molecule has 3 nitrogen and oxygen atoms in total. The van der Waals surface area contributed by atoms with Crippen molar-refractivity contribution in [1.82, 2.24) is 15.1 Å². The van der Waals surface area contributed by atoms with E-state index in [1.807, 2.05) is 4.68 Å². The third kappa shape index (κ3) is 2.23. The summed E-state index contributed by atoms with van der Waals surface area (Å²) in [5.41, 5.74) is 1.28. The van der Waals surface area contributed by atoms with Gasteiger partial charge < -0.3 is 5.32 Å². The van der Waals surface area contributed by atoms with Crippen molar-refractivity contribution in [2.24, 2.45) is 5.92 Å². The number of nitrogens with one attached hydrogen (secondary N) is 1. The lowest BCUT2D eigenvalue weighted by Gasteiger charge is -2.15. The van der Waals surface area contributed by atoms with Gasteiger partial charge in [0.2, 0.25) is 0 Å². The zero-order valence-electron chi connectivity index (χ0n) is 9.74. The van der Waals surface area contributed by atoms with Crippen LogP contribution >= 0.6 is 0 Å². The van der Waals surface area contributed by atoms with Crippen molar-refractivity contribution in [1.29, 1.82) is 0 Å². The van der Waals surface area contributed by atoms with E-state index in [0.29, 0.717) is 5.92 Å². The second-order valence-electron chi connectivity index (χ2n) is 4.41. The molecule has 3 heteroatoms. The molecule has 1 fully saturated rings. The summed E-state index contributed by atoms with van der Waals surface area (Å²) in [5, 5.41) is 8.10. The third-order valence-electron chi connectivity index (χ3n) is 3.36. The second kappa shape index (κ2) is 4.79. The molecule has 1 aromatic rings. The molecule has 1 aliphatic rings. The van der Waals surface area contributed by atoms with E-state index >= 15 is 0 Å². The summed E-state index contributed by atoms with van der Waals surface area (Å²) in [5.74, 6) is 1.42. The van der Waals surface area contributed by atoms with Crippen LogP contribution in [0.4, 0.5) is 0 Å². The molecule has 1 saturated heterocycles. The fourth-order valence-electron chi connectivity index (χ4n) is 2.50. The van der Waals surface area contributed by atoms with Crippen molar-refractivity contribution in [3.05, 3.63) is 18.0 Å². The van der Waals surface area contributed by atoms with Crippen molar-refractivity contribution < 1.29 is 0 Å². The van der Waals surface area contributed by atoms with Gasteiger partial charge in [0, 0.05) is 25.2 Å². The van der Waals surface area contributed by atoms with Crippen LogP contribution in [0.2, 0.25) is 0 Å². The van der Waals surface area contributed by atoms with E-state index in [4.69, 9.17) is 0 Å². The zero-order chi connectivity index (χ0) is 10.7. The van der Waals surface area contributed by atoms with Crippen LogP contribution in [0.25, 0.3) is 0 Å². The Labute approximate surface area is 91.9 Å². The minimum atomic E-state index is 0.637. The van der Waals surface area contributed by atoms with Crippen LogP contribution in [0.5, 0.6) is 0 Å². The average Bonchev–Trinajstić information content (AvgIpc) is 2.85. The first-order chi connectivity index (χ1) is 7.35. The Balaban J connectivity index is 2.08. The maximum absolute atomic E-state index is 4.62. The predicted octanol–water partition coefficient (Wildman–Crippen LogP) is 2.01. The van der Waals surface area contributed by atoms with E-state index in [0.717, 1.165) is 25.6 Å². The van der Waals surface area contributed by atoms with E-state index in [2.05, 4.69) is 36.5 Å². The Morgan fingerprint density at radius 2 is 2.33 bits per heavy atom. The fraction of sp³-hybridized carbons (Fsp3) is 0.750. The van der Waals surface area contributed by atoms with Gasteiger partial charge in [-0.15, -0.1) is 0 Å². The summed E-state index contributed by atoms with van der Waals surface area (Å²) in [6.45, 7) is 7.63. The normalized spacial score (nSPS) is 26.0. The number of aromatic nitrogens is 2. The van der Waals surface area contributed by atoms with E-state index in [-0.39, 0.29) is 0 Å².